The Morgan fingerprint density at radius 3 is 2.47 bits per heavy atom. The Morgan fingerprint density at radius 2 is 1.93 bits per heavy atom. The van der Waals surface area contributed by atoms with Crippen LogP contribution in [0.3, 0.4) is 0 Å². The van der Waals surface area contributed by atoms with Gasteiger partial charge in [0.05, 0.1) is 4.83 Å². The number of benzene rings is 1. The third-order valence-electron chi connectivity index (χ3n) is 2.41. The quantitative estimate of drug-likeness (QED) is 0.591. The van der Waals surface area contributed by atoms with E-state index >= 15 is 0 Å². The number of Topliss-reactive ketones (excluding diaryl/α,β-unsaturated/α-hetero) is 1. The maximum Gasteiger partial charge on any atom is 0.176 e. The van der Waals surface area contributed by atoms with Gasteiger partial charge in [0, 0.05) is 10.0 Å². The van der Waals surface area contributed by atoms with Crippen LogP contribution in [0.1, 0.15) is 34.8 Å². The van der Waals surface area contributed by atoms with Gasteiger partial charge in [-0.1, -0.05) is 38.8 Å². The highest BCUT2D eigenvalue weighted by atomic mass is 79.9. The van der Waals surface area contributed by atoms with E-state index < -0.39 is 0 Å². The lowest BCUT2D eigenvalue weighted by Gasteiger charge is -2.10. The van der Waals surface area contributed by atoms with Crippen molar-refractivity contribution in [1.82, 2.24) is 0 Å². The Balaban J connectivity index is 3.15. The molecule has 0 aromatic heterocycles. The van der Waals surface area contributed by atoms with Crippen LogP contribution in [0.25, 0.3) is 0 Å². The molecule has 1 unspecified atom stereocenters. The average molecular weight is 334 g/mol. The lowest BCUT2D eigenvalue weighted by atomic mass is 9.99. The summed E-state index contributed by atoms with van der Waals surface area (Å²) in [5, 5.41) is 0. The van der Waals surface area contributed by atoms with Crippen molar-refractivity contribution in [2.75, 3.05) is 0 Å². The molecule has 0 saturated heterocycles. The van der Waals surface area contributed by atoms with Crippen LogP contribution in [0.5, 0.6) is 0 Å². The van der Waals surface area contributed by atoms with Gasteiger partial charge in [-0.2, -0.15) is 0 Å². The van der Waals surface area contributed by atoms with Crippen molar-refractivity contribution in [2.45, 2.75) is 32.0 Å². The summed E-state index contributed by atoms with van der Waals surface area (Å²) in [5.74, 6) is 0.172. The Morgan fingerprint density at radius 1 is 1.33 bits per heavy atom. The molecule has 0 amide bonds. The molecule has 1 rings (SSSR count). The van der Waals surface area contributed by atoms with Crippen molar-refractivity contribution >= 4 is 37.6 Å². The summed E-state index contributed by atoms with van der Waals surface area (Å²) in [7, 11) is 0. The zero-order chi connectivity index (χ0) is 11.6. The highest BCUT2D eigenvalue weighted by molar-refractivity contribution is 9.10. The number of hydrogen-bond acceptors (Lipinski definition) is 1. The molecule has 0 spiro atoms. The van der Waals surface area contributed by atoms with Crippen LogP contribution in [0.15, 0.2) is 16.6 Å². The molecule has 0 aliphatic heterocycles. The molecule has 0 aliphatic rings. The fraction of sp³-hybridized carbons (Fsp3) is 0.417. The monoisotopic (exact) mass is 332 g/mol. The van der Waals surface area contributed by atoms with Gasteiger partial charge in [0.25, 0.3) is 0 Å². The van der Waals surface area contributed by atoms with Crippen molar-refractivity contribution < 1.29 is 4.79 Å². The van der Waals surface area contributed by atoms with Crippen LogP contribution in [0.4, 0.5) is 0 Å². The minimum absolute atomic E-state index is 0.0724. The van der Waals surface area contributed by atoms with Gasteiger partial charge < -0.3 is 0 Å². The van der Waals surface area contributed by atoms with Gasteiger partial charge in [-0.25, -0.2) is 0 Å². The molecule has 0 heterocycles. The summed E-state index contributed by atoms with van der Waals surface area (Å²) in [4.78, 5) is 11.9. The standard InChI is InChI=1S/C12H14Br2O/c1-4-10(13)12(15)9-5-8(3)11(14)6-7(9)2/h5-6,10H,4H2,1-3H3. The van der Waals surface area contributed by atoms with Gasteiger partial charge in [-0.3, -0.25) is 4.79 Å². The first-order chi connectivity index (χ1) is 6.97. The first-order valence-electron chi connectivity index (χ1n) is 4.92. The number of carbonyl (C=O) groups excluding carboxylic acids is 1. The third kappa shape index (κ3) is 2.91. The average Bonchev–Trinajstić information content (AvgIpc) is 2.21. The molecule has 1 nitrogen and oxygen atoms in total. The second-order valence-electron chi connectivity index (χ2n) is 3.66. The molecule has 3 heteroatoms. The molecular weight excluding hydrogens is 320 g/mol. The van der Waals surface area contributed by atoms with Crippen molar-refractivity contribution in [3.05, 3.63) is 33.3 Å². The molecule has 0 N–H and O–H groups in total. The fourth-order valence-electron chi connectivity index (χ4n) is 1.40. The van der Waals surface area contributed by atoms with Crippen molar-refractivity contribution in [2.24, 2.45) is 0 Å². The van der Waals surface area contributed by atoms with E-state index in [9.17, 15) is 4.79 Å². The van der Waals surface area contributed by atoms with E-state index in [4.69, 9.17) is 0 Å². The van der Waals surface area contributed by atoms with Gasteiger partial charge in [0.15, 0.2) is 5.78 Å². The van der Waals surface area contributed by atoms with Gasteiger partial charge in [-0.15, -0.1) is 0 Å². The molecule has 82 valence electrons. The molecule has 0 bridgehead atoms. The molecule has 0 fully saturated rings. The van der Waals surface area contributed by atoms with Crippen LogP contribution in [0.2, 0.25) is 0 Å². The highest BCUT2D eigenvalue weighted by Crippen LogP contribution is 2.23. The summed E-state index contributed by atoms with van der Waals surface area (Å²) in [6, 6.07) is 3.95. The van der Waals surface area contributed by atoms with E-state index in [-0.39, 0.29) is 10.6 Å². The molecule has 15 heavy (non-hydrogen) atoms. The summed E-state index contributed by atoms with van der Waals surface area (Å²) in [6.45, 7) is 5.96. The summed E-state index contributed by atoms with van der Waals surface area (Å²) < 4.78 is 1.05. The largest absolute Gasteiger partial charge is 0.293 e. The van der Waals surface area contributed by atoms with E-state index in [0.29, 0.717) is 0 Å². The second kappa shape index (κ2) is 5.26. The number of rotatable bonds is 3. The van der Waals surface area contributed by atoms with Crippen LogP contribution in [-0.2, 0) is 0 Å². The Hall–Kier alpha value is -0.150. The Labute approximate surface area is 108 Å². The van der Waals surface area contributed by atoms with Gasteiger partial charge in [-0.05, 0) is 43.5 Å². The SMILES string of the molecule is CCC(Br)C(=O)c1cc(C)c(Br)cc1C. The van der Waals surface area contributed by atoms with Crippen molar-refractivity contribution in [3.8, 4) is 0 Å². The zero-order valence-corrected chi connectivity index (χ0v) is 12.3. The Bertz CT molecular complexity index is 385. The first-order valence-corrected chi connectivity index (χ1v) is 6.63. The number of ketones is 1. The zero-order valence-electron chi connectivity index (χ0n) is 9.10. The summed E-state index contributed by atoms with van der Waals surface area (Å²) >= 11 is 6.86. The van der Waals surface area contributed by atoms with E-state index in [2.05, 4.69) is 31.9 Å². The van der Waals surface area contributed by atoms with E-state index in [1.54, 1.807) is 0 Å². The first kappa shape index (κ1) is 12.9. The number of carbonyl (C=O) groups is 1. The molecule has 0 aliphatic carbocycles. The predicted octanol–water partition coefficient (Wildman–Crippen LogP) is 4.42. The van der Waals surface area contributed by atoms with E-state index in [0.717, 1.165) is 27.6 Å². The predicted molar refractivity (Wildman–Crippen MR) is 71.0 cm³/mol. The van der Waals surface area contributed by atoms with Crippen LogP contribution < -0.4 is 0 Å². The number of hydrogen-bond donors (Lipinski definition) is 0. The van der Waals surface area contributed by atoms with Gasteiger partial charge in [0.2, 0.25) is 0 Å². The molecular formula is C12H14Br2O. The molecule has 1 aromatic rings. The Kier molecular flexibility index (Phi) is 4.53. The van der Waals surface area contributed by atoms with Gasteiger partial charge >= 0.3 is 0 Å². The fourth-order valence-corrected chi connectivity index (χ4v) is 2.11. The summed E-state index contributed by atoms with van der Waals surface area (Å²) in [5.41, 5.74) is 2.94. The second-order valence-corrected chi connectivity index (χ2v) is 5.62. The summed E-state index contributed by atoms with van der Waals surface area (Å²) in [6.07, 6.45) is 0.813. The van der Waals surface area contributed by atoms with Gasteiger partial charge in [0.1, 0.15) is 0 Å². The maximum absolute atomic E-state index is 12.0. The lowest BCUT2D eigenvalue weighted by molar-refractivity contribution is 0.0989. The van der Waals surface area contributed by atoms with Crippen LogP contribution >= 0.6 is 31.9 Å². The van der Waals surface area contributed by atoms with Crippen LogP contribution in [-0.4, -0.2) is 10.6 Å². The molecule has 0 saturated carbocycles. The smallest absolute Gasteiger partial charge is 0.176 e. The minimum Gasteiger partial charge on any atom is -0.293 e. The molecule has 1 atom stereocenters. The van der Waals surface area contributed by atoms with Crippen LogP contribution in [0, 0.1) is 13.8 Å². The van der Waals surface area contributed by atoms with E-state index in [1.165, 1.54) is 0 Å². The third-order valence-corrected chi connectivity index (χ3v) is 4.33. The van der Waals surface area contributed by atoms with Crippen molar-refractivity contribution in [1.29, 1.82) is 0 Å². The number of alkyl halides is 1. The maximum atomic E-state index is 12.0. The molecule has 1 aromatic carbocycles. The number of halogens is 2. The lowest BCUT2D eigenvalue weighted by Crippen LogP contribution is -2.14. The topological polar surface area (TPSA) is 17.1 Å². The van der Waals surface area contributed by atoms with Crippen molar-refractivity contribution in [3.63, 3.8) is 0 Å². The van der Waals surface area contributed by atoms with E-state index in [1.807, 2.05) is 32.9 Å². The highest BCUT2D eigenvalue weighted by Gasteiger charge is 2.17. The normalized spacial score (nSPS) is 12.6. The number of aryl methyl sites for hydroxylation is 2. The molecule has 0 radical (unpaired) electrons. The minimum atomic E-state index is -0.0724.